The summed E-state index contributed by atoms with van der Waals surface area (Å²) < 4.78 is 12.1. The van der Waals surface area contributed by atoms with Gasteiger partial charge in [0, 0.05) is 6.04 Å². The molecule has 0 bridgehead atoms. The number of fused-ring (bicyclic) bond motifs is 1. The monoisotopic (exact) mass is 354 g/mol. The molecule has 0 atom stereocenters. The number of carbonyl (C=O) groups is 1. The molecule has 1 aliphatic rings. The summed E-state index contributed by atoms with van der Waals surface area (Å²) in [6.07, 6.45) is 7.07. The summed E-state index contributed by atoms with van der Waals surface area (Å²) in [5.74, 6) is 0.177. The zero-order chi connectivity index (χ0) is 17.9. The molecule has 136 valence electrons. The standard InChI is InChI=1S/C20H22N2O4/c23-19(14-22-17-10-4-5-11-18(17)26-20(22)24)21(13-16-9-6-12-25-16)15-7-2-1-3-8-15/h4-6,9-12,15H,1-3,7-8,13-14H2. The van der Waals surface area contributed by atoms with Crippen LogP contribution in [0.2, 0.25) is 0 Å². The number of amides is 1. The van der Waals surface area contributed by atoms with Crippen molar-refractivity contribution in [3.63, 3.8) is 0 Å². The van der Waals surface area contributed by atoms with E-state index in [0.29, 0.717) is 17.6 Å². The van der Waals surface area contributed by atoms with Gasteiger partial charge in [-0.05, 0) is 37.1 Å². The number of hydrogen-bond donors (Lipinski definition) is 0. The van der Waals surface area contributed by atoms with Crippen molar-refractivity contribution in [3.8, 4) is 0 Å². The van der Waals surface area contributed by atoms with E-state index in [1.165, 1.54) is 11.0 Å². The predicted molar refractivity (Wildman–Crippen MR) is 96.6 cm³/mol. The molecule has 6 heteroatoms. The van der Waals surface area contributed by atoms with E-state index in [-0.39, 0.29) is 18.5 Å². The van der Waals surface area contributed by atoms with Gasteiger partial charge in [-0.25, -0.2) is 4.79 Å². The SMILES string of the molecule is O=C(Cn1c(=O)oc2ccccc21)N(Cc1ccco1)C1CCCCC1. The third-order valence-corrected chi connectivity index (χ3v) is 5.11. The zero-order valence-electron chi connectivity index (χ0n) is 14.6. The minimum absolute atomic E-state index is 0.0208. The van der Waals surface area contributed by atoms with Crippen LogP contribution in [0.5, 0.6) is 0 Å². The van der Waals surface area contributed by atoms with E-state index >= 15 is 0 Å². The van der Waals surface area contributed by atoms with Gasteiger partial charge in [-0.3, -0.25) is 9.36 Å². The molecule has 1 saturated carbocycles. The van der Waals surface area contributed by atoms with Gasteiger partial charge in [0.15, 0.2) is 5.58 Å². The first-order valence-electron chi connectivity index (χ1n) is 9.12. The summed E-state index contributed by atoms with van der Waals surface area (Å²) in [7, 11) is 0. The number of para-hydroxylation sites is 2. The van der Waals surface area contributed by atoms with Crippen LogP contribution in [0.3, 0.4) is 0 Å². The smallest absolute Gasteiger partial charge is 0.420 e. The minimum Gasteiger partial charge on any atom is -0.467 e. The predicted octanol–water partition coefficient (Wildman–Crippen LogP) is 3.55. The van der Waals surface area contributed by atoms with Gasteiger partial charge in [0.1, 0.15) is 12.3 Å². The van der Waals surface area contributed by atoms with Gasteiger partial charge in [0.25, 0.3) is 0 Å². The molecule has 2 heterocycles. The Labute approximate surface area is 151 Å². The van der Waals surface area contributed by atoms with E-state index in [0.717, 1.165) is 31.4 Å². The fourth-order valence-corrected chi connectivity index (χ4v) is 3.77. The van der Waals surface area contributed by atoms with Crippen LogP contribution in [0.25, 0.3) is 11.1 Å². The van der Waals surface area contributed by atoms with Crippen molar-refractivity contribution < 1.29 is 13.6 Å². The van der Waals surface area contributed by atoms with Crippen molar-refractivity contribution in [1.82, 2.24) is 9.47 Å². The lowest BCUT2D eigenvalue weighted by Crippen LogP contribution is -2.43. The molecule has 3 aromatic rings. The number of furan rings is 1. The first-order chi connectivity index (χ1) is 12.7. The van der Waals surface area contributed by atoms with Gasteiger partial charge in [-0.15, -0.1) is 0 Å². The molecule has 0 spiro atoms. The highest BCUT2D eigenvalue weighted by Gasteiger charge is 2.27. The molecular formula is C20H22N2O4. The molecule has 1 aliphatic carbocycles. The van der Waals surface area contributed by atoms with Crippen LogP contribution in [-0.4, -0.2) is 21.4 Å². The van der Waals surface area contributed by atoms with Gasteiger partial charge < -0.3 is 13.7 Å². The zero-order valence-corrected chi connectivity index (χ0v) is 14.6. The molecule has 0 aliphatic heterocycles. The van der Waals surface area contributed by atoms with Gasteiger partial charge in [-0.1, -0.05) is 31.4 Å². The Hall–Kier alpha value is -2.76. The maximum absolute atomic E-state index is 13.1. The summed E-state index contributed by atoms with van der Waals surface area (Å²) in [6, 6.07) is 11.1. The lowest BCUT2D eigenvalue weighted by atomic mass is 9.94. The lowest BCUT2D eigenvalue weighted by Gasteiger charge is -2.34. The van der Waals surface area contributed by atoms with E-state index in [4.69, 9.17) is 8.83 Å². The van der Waals surface area contributed by atoms with Crippen molar-refractivity contribution in [2.75, 3.05) is 0 Å². The molecule has 0 unspecified atom stereocenters. The van der Waals surface area contributed by atoms with E-state index in [1.54, 1.807) is 18.4 Å². The second-order valence-electron chi connectivity index (χ2n) is 6.81. The molecule has 1 amide bonds. The number of oxazole rings is 1. The summed E-state index contributed by atoms with van der Waals surface area (Å²) in [4.78, 5) is 27.2. The van der Waals surface area contributed by atoms with Crippen LogP contribution in [-0.2, 0) is 17.9 Å². The molecule has 1 aromatic carbocycles. The highest BCUT2D eigenvalue weighted by Crippen LogP contribution is 2.25. The van der Waals surface area contributed by atoms with Crippen LogP contribution in [0.1, 0.15) is 37.9 Å². The maximum atomic E-state index is 13.1. The molecular weight excluding hydrogens is 332 g/mol. The number of hydrogen-bond acceptors (Lipinski definition) is 4. The Bertz CT molecular complexity index is 932. The molecule has 4 rings (SSSR count). The molecule has 0 saturated heterocycles. The maximum Gasteiger partial charge on any atom is 0.420 e. The number of benzene rings is 1. The Morgan fingerprint density at radius 2 is 1.92 bits per heavy atom. The summed E-state index contributed by atoms with van der Waals surface area (Å²) >= 11 is 0. The molecule has 0 radical (unpaired) electrons. The van der Waals surface area contributed by atoms with Gasteiger partial charge >= 0.3 is 5.76 Å². The Morgan fingerprint density at radius 1 is 1.12 bits per heavy atom. The van der Waals surface area contributed by atoms with Gasteiger partial charge in [-0.2, -0.15) is 0 Å². The Balaban J connectivity index is 1.60. The molecule has 26 heavy (non-hydrogen) atoms. The molecule has 2 aromatic heterocycles. The normalized spacial score (nSPS) is 15.4. The second kappa shape index (κ2) is 7.23. The van der Waals surface area contributed by atoms with E-state index < -0.39 is 5.76 Å². The van der Waals surface area contributed by atoms with Crippen LogP contribution < -0.4 is 5.76 Å². The van der Waals surface area contributed by atoms with Crippen LogP contribution in [0.4, 0.5) is 0 Å². The largest absolute Gasteiger partial charge is 0.467 e. The summed E-state index contributed by atoms with van der Waals surface area (Å²) in [5.41, 5.74) is 1.15. The Kier molecular flexibility index (Phi) is 4.65. The first-order valence-corrected chi connectivity index (χ1v) is 9.12. The number of rotatable bonds is 5. The number of nitrogens with zero attached hydrogens (tertiary/aromatic N) is 2. The Morgan fingerprint density at radius 3 is 2.69 bits per heavy atom. The topological polar surface area (TPSA) is 68.6 Å². The van der Waals surface area contributed by atoms with Crippen LogP contribution in [0, 0.1) is 0 Å². The fourth-order valence-electron chi connectivity index (χ4n) is 3.77. The number of carbonyl (C=O) groups excluding carboxylic acids is 1. The van der Waals surface area contributed by atoms with Gasteiger partial charge in [0.05, 0.1) is 18.3 Å². The second-order valence-corrected chi connectivity index (χ2v) is 6.81. The van der Waals surface area contributed by atoms with Crippen molar-refractivity contribution >= 4 is 17.0 Å². The van der Waals surface area contributed by atoms with E-state index in [1.807, 2.05) is 29.2 Å². The minimum atomic E-state index is -0.499. The highest BCUT2D eigenvalue weighted by molar-refractivity contribution is 5.79. The third kappa shape index (κ3) is 3.31. The van der Waals surface area contributed by atoms with E-state index in [2.05, 4.69) is 0 Å². The van der Waals surface area contributed by atoms with Crippen molar-refractivity contribution in [1.29, 1.82) is 0 Å². The van der Waals surface area contributed by atoms with Crippen LogP contribution >= 0.6 is 0 Å². The van der Waals surface area contributed by atoms with Crippen LogP contribution in [0.15, 0.2) is 56.3 Å². The van der Waals surface area contributed by atoms with Gasteiger partial charge in [0.2, 0.25) is 5.91 Å². The quantitative estimate of drug-likeness (QED) is 0.703. The number of aromatic nitrogens is 1. The average molecular weight is 354 g/mol. The van der Waals surface area contributed by atoms with E-state index in [9.17, 15) is 9.59 Å². The summed E-state index contributed by atoms with van der Waals surface area (Å²) in [5, 5.41) is 0. The summed E-state index contributed by atoms with van der Waals surface area (Å²) in [6.45, 7) is 0.411. The highest BCUT2D eigenvalue weighted by atomic mass is 16.4. The molecule has 0 N–H and O–H groups in total. The fraction of sp³-hybridized carbons (Fsp3) is 0.400. The first kappa shape index (κ1) is 16.7. The molecule has 6 nitrogen and oxygen atoms in total. The average Bonchev–Trinajstić information content (AvgIpc) is 3.28. The van der Waals surface area contributed by atoms with Crippen molar-refractivity contribution in [2.24, 2.45) is 0 Å². The van der Waals surface area contributed by atoms with Crippen molar-refractivity contribution in [2.45, 2.75) is 51.2 Å². The molecule has 1 fully saturated rings. The third-order valence-electron chi connectivity index (χ3n) is 5.11. The van der Waals surface area contributed by atoms with Crippen molar-refractivity contribution in [3.05, 3.63) is 59.0 Å². The lowest BCUT2D eigenvalue weighted by molar-refractivity contribution is -0.136.